The largest absolute Gasteiger partial charge is 0.466 e. The first kappa shape index (κ1) is 16.0. The predicted molar refractivity (Wildman–Crippen MR) is 71.7 cm³/mol. The molecule has 1 aliphatic carbocycles. The summed E-state index contributed by atoms with van der Waals surface area (Å²) in [5.41, 5.74) is 0. The van der Waals surface area contributed by atoms with E-state index >= 15 is 0 Å². The van der Waals surface area contributed by atoms with E-state index in [0.717, 1.165) is 12.8 Å². The highest BCUT2D eigenvalue weighted by atomic mass is 16.5. The molecule has 1 saturated carbocycles. The van der Waals surface area contributed by atoms with Crippen LogP contribution in [0, 0.1) is 0 Å². The number of ether oxygens (including phenoxy) is 2. The lowest BCUT2D eigenvalue weighted by Gasteiger charge is -2.21. The van der Waals surface area contributed by atoms with Crippen molar-refractivity contribution >= 4 is 11.9 Å². The fourth-order valence-electron chi connectivity index (χ4n) is 2.18. The summed E-state index contributed by atoms with van der Waals surface area (Å²) in [5.74, 6) is -0.448. The van der Waals surface area contributed by atoms with Gasteiger partial charge in [0.1, 0.15) is 0 Å². The second-order valence-corrected chi connectivity index (χ2v) is 4.79. The van der Waals surface area contributed by atoms with Gasteiger partial charge in [-0.15, -0.1) is 0 Å². The summed E-state index contributed by atoms with van der Waals surface area (Å²) in [6.07, 6.45) is 6.77. The van der Waals surface area contributed by atoms with Crippen LogP contribution in [0.5, 0.6) is 0 Å². The van der Waals surface area contributed by atoms with Gasteiger partial charge in [-0.25, -0.2) is 0 Å². The molecule has 0 heterocycles. The Kier molecular flexibility index (Phi) is 8.21. The summed E-state index contributed by atoms with van der Waals surface area (Å²) < 4.78 is 10.4. The van der Waals surface area contributed by atoms with E-state index in [0.29, 0.717) is 25.9 Å². The van der Waals surface area contributed by atoms with Crippen molar-refractivity contribution < 1.29 is 19.1 Å². The van der Waals surface area contributed by atoms with Crippen molar-refractivity contribution in [3.63, 3.8) is 0 Å². The first-order chi connectivity index (χ1) is 9.22. The van der Waals surface area contributed by atoms with Crippen LogP contribution in [0.2, 0.25) is 0 Å². The lowest BCUT2D eigenvalue weighted by molar-refractivity contribution is -0.144. The van der Waals surface area contributed by atoms with Crippen LogP contribution in [-0.4, -0.2) is 37.7 Å². The fraction of sp³-hybridized carbons (Fsp3) is 0.857. The monoisotopic (exact) mass is 271 g/mol. The SMILES string of the molecule is CCOC(=O)CCC(=O)NCCOC1CCCCC1. The van der Waals surface area contributed by atoms with E-state index in [1.165, 1.54) is 19.3 Å². The smallest absolute Gasteiger partial charge is 0.306 e. The summed E-state index contributed by atoms with van der Waals surface area (Å²) in [7, 11) is 0. The lowest BCUT2D eigenvalue weighted by Crippen LogP contribution is -2.29. The van der Waals surface area contributed by atoms with E-state index in [9.17, 15) is 9.59 Å². The molecule has 0 spiro atoms. The lowest BCUT2D eigenvalue weighted by atomic mass is 9.98. The molecule has 0 radical (unpaired) electrons. The maximum atomic E-state index is 11.4. The molecule has 0 aromatic rings. The average molecular weight is 271 g/mol. The van der Waals surface area contributed by atoms with Crippen molar-refractivity contribution in [2.24, 2.45) is 0 Å². The number of carbonyl (C=O) groups excluding carboxylic acids is 2. The van der Waals surface area contributed by atoms with Crippen LogP contribution >= 0.6 is 0 Å². The maximum Gasteiger partial charge on any atom is 0.306 e. The Morgan fingerprint density at radius 1 is 1.16 bits per heavy atom. The molecule has 1 rings (SSSR count). The van der Waals surface area contributed by atoms with E-state index in [-0.39, 0.29) is 24.7 Å². The molecule has 1 fully saturated rings. The molecule has 110 valence electrons. The van der Waals surface area contributed by atoms with Crippen molar-refractivity contribution in [3.05, 3.63) is 0 Å². The Morgan fingerprint density at radius 2 is 1.89 bits per heavy atom. The molecule has 0 bridgehead atoms. The second-order valence-electron chi connectivity index (χ2n) is 4.79. The summed E-state index contributed by atoms with van der Waals surface area (Å²) >= 11 is 0. The van der Waals surface area contributed by atoms with Gasteiger partial charge in [0, 0.05) is 13.0 Å². The van der Waals surface area contributed by atoms with Gasteiger partial charge in [0.05, 0.1) is 25.7 Å². The Balaban J connectivity index is 1.96. The van der Waals surface area contributed by atoms with Crippen molar-refractivity contribution in [1.29, 1.82) is 0 Å². The van der Waals surface area contributed by atoms with Gasteiger partial charge in [0.2, 0.25) is 5.91 Å². The third-order valence-corrected chi connectivity index (χ3v) is 3.19. The van der Waals surface area contributed by atoms with Crippen molar-refractivity contribution in [3.8, 4) is 0 Å². The normalized spacial score (nSPS) is 16.1. The van der Waals surface area contributed by atoms with Gasteiger partial charge in [-0.2, -0.15) is 0 Å². The zero-order chi connectivity index (χ0) is 13.9. The number of carbonyl (C=O) groups is 2. The first-order valence-corrected chi connectivity index (χ1v) is 7.26. The zero-order valence-corrected chi connectivity index (χ0v) is 11.8. The number of rotatable bonds is 8. The molecule has 0 aromatic heterocycles. The number of hydrogen-bond donors (Lipinski definition) is 1. The molecule has 0 atom stereocenters. The molecule has 0 aromatic carbocycles. The minimum absolute atomic E-state index is 0.125. The van der Waals surface area contributed by atoms with Gasteiger partial charge in [-0.3, -0.25) is 9.59 Å². The second kappa shape index (κ2) is 9.78. The third-order valence-electron chi connectivity index (χ3n) is 3.19. The molecule has 5 nitrogen and oxygen atoms in total. The molecular weight excluding hydrogens is 246 g/mol. The highest BCUT2D eigenvalue weighted by Crippen LogP contribution is 2.19. The number of nitrogens with one attached hydrogen (secondary N) is 1. The van der Waals surface area contributed by atoms with Gasteiger partial charge in [-0.1, -0.05) is 19.3 Å². The van der Waals surface area contributed by atoms with E-state index in [4.69, 9.17) is 9.47 Å². The molecule has 0 aliphatic heterocycles. The van der Waals surface area contributed by atoms with Crippen molar-refractivity contribution in [2.45, 2.75) is 58.0 Å². The van der Waals surface area contributed by atoms with E-state index in [1.54, 1.807) is 6.92 Å². The molecule has 0 unspecified atom stereocenters. The van der Waals surface area contributed by atoms with Crippen LogP contribution in [0.1, 0.15) is 51.9 Å². The van der Waals surface area contributed by atoms with Crippen LogP contribution in [-0.2, 0) is 19.1 Å². The summed E-state index contributed by atoms with van der Waals surface area (Å²) in [4.78, 5) is 22.5. The van der Waals surface area contributed by atoms with Gasteiger partial charge >= 0.3 is 5.97 Å². The molecule has 1 aliphatic rings. The van der Waals surface area contributed by atoms with E-state index in [2.05, 4.69) is 5.32 Å². The van der Waals surface area contributed by atoms with Crippen LogP contribution in [0.4, 0.5) is 0 Å². The Morgan fingerprint density at radius 3 is 2.58 bits per heavy atom. The Hall–Kier alpha value is -1.10. The van der Waals surface area contributed by atoms with Crippen LogP contribution < -0.4 is 5.32 Å². The summed E-state index contributed by atoms with van der Waals surface area (Å²) in [6, 6.07) is 0. The molecule has 1 N–H and O–H groups in total. The highest BCUT2D eigenvalue weighted by Gasteiger charge is 2.13. The van der Waals surface area contributed by atoms with Gasteiger partial charge in [-0.05, 0) is 19.8 Å². The number of hydrogen-bond acceptors (Lipinski definition) is 4. The molecular formula is C14H25NO4. The Labute approximate surface area is 115 Å². The topological polar surface area (TPSA) is 64.6 Å². The van der Waals surface area contributed by atoms with Gasteiger partial charge < -0.3 is 14.8 Å². The standard InChI is InChI=1S/C14H25NO4/c1-2-18-14(17)9-8-13(16)15-10-11-19-12-6-4-3-5-7-12/h12H,2-11H2,1H3,(H,15,16). The maximum absolute atomic E-state index is 11.4. The van der Waals surface area contributed by atoms with Gasteiger partial charge in [0.25, 0.3) is 0 Å². The quantitative estimate of drug-likeness (QED) is 0.540. The van der Waals surface area contributed by atoms with Crippen molar-refractivity contribution in [2.75, 3.05) is 19.8 Å². The first-order valence-electron chi connectivity index (χ1n) is 7.26. The summed E-state index contributed by atoms with van der Waals surface area (Å²) in [6.45, 7) is 3.17. The highest BCUT2D eigenvalue weighted by molar-refractivity contribution is 5.81. The van der Waals surface area contributed by atoms with Crippen LogP contribution in [0.25, 0.3) is 0 Å². The molecule has 0 saturated heterocycles. The minimum Gasteiger partial charge on any atom is -0.466 e. The minimum atomic E-state index is -0.323. The zero-order valence-electron chi connectivity index (χ0n) is 11.8. The molecule has 5 heteroatoms. The van der Waals surface area contributed by atoms with Crippen LogP contribution in [0.15, 0.2) is 0 Å². The Bertz CT molecular complexity index is 275. The molecule has 1 amide bonds. The van der Waals surface area contributed by atoms with Crippen molar-refractivity contribution in [1.82, 2.24) is 5.32 Å². The number of esters is 1. The van der Waals surface area contributed by atoms with E-state index in [1.807, 2.05) is 0 Å². The average Bonchev–Trinajstić information content (AvgIpc) is 2.43. The number of amides is 1. The summed E-state index contributed by atoms with van der Waals surface area (Å²) in [5, 5.41) is 2.75. The fourth-order valence-corrected chi connectivity index (χ4v) is 2.18. The molecule has 19 heavy (non-hydrogen) atoms. The predicted octanol–water partition coefficient (Wildman–Crippen LogP) is 1.80. The van der Waals surface area contributed by atoms with Gasteiger partial charge in [0.15, 0.2) is 0 Å². The van der Waals surface area contributed by atoms with E-state index < -0.39 is 0 Å². The third kappa shape index (κ3) is 7.82. The van der Waals surface area contributed by atoms with Crippen LogP contribution in [0.3, 0.4) is 0 Å².